The molecule has 0 aliphatic rings. The van der Waals surface area contributed by atoms with Gasteiger partial charge < -0.3 is 9.29 Å². The number of nitrogens with one attached hydrogen (secondary N) is 1. The van der Waals surface area contributed by atoms with E-state index in [4.69, 9.17) is 4.74 Å². The summed E-state index contributed by atoms with van der Waals surface area (Å²) >= 11 is -1.17. The van der Waals surface area contributed by atoms with E-state index in [1.807, 2.05) is 69.3 Å². The van der Waals surface area contributed by atoms with Gasteiger partial charge in [-0.3, -0.25) is 0 Å². The van der Waals surface area contributed by atoms with Crippen LogP contribution in [0.3, 0.4) is 0 Å². The van der Waals surface area contributed by atoms with Crippen molar-refractivity contribution in [3.05, 3.63) is 90.4 Å². The number of hydrogen-bond acceptors (Lipinski definition) is 4. The molecule has 1 N–H and O–H groups in total. The lowest BCUT2D eigenvalue weighted by Crippen LogP contribution is -2.42. The molecular formula is C25H26FN3O2S. The van der Waals surface area contributed by atoms with Crippen LogP contribution in [0.4, 0.5) is 4.39 Å². The van der Waals surface area contributed by atoms with Crippen LogP contribution in [-0.4, -0.2) is 25.6 Å². The zero-order valence-electron chi connectivity index (χ0n) is 18.2. The fraction of sp³-hybridized carbons (Fsp3) is 0.240. The van der Waals surface area contributed by atoms with E-state index in [0.29, 0.717) is 5.75 Å². The molecule has 4 rings (SSSR count). The van der Waals surface area contributed by atoms with Crippen molar-refractivity contribution >= 4 is 22.3 Å². The summed E-state index contributed by atoms with van der Waals surface area (Å²) in [4.78, 5) is 0. The van der Waals surface area contributed by atoms with Gasteiger partial charge in [-0.2, -0.15) is 5.10 Å². The van der Waals surface area contributed by atoms with E-state index in [0.717, 1.165) is 22.2 Å². The lowest BCUT2D eigenvalue weighted by atomic mass is 10.0. The van der Waals surface area contributed by atoms with Gasteiger partial charge >= 0.3 is 0 Å². The Labute approximate surface area is 190 Å². The minimum atomic E-state index is -1.17. The van der Waals surface area contributed by atoms with E-state index < -0.39 is 11.4 Å². The molecule has 4 aromatic rings. The van der Waals surface area contributed by atoms with Gasteiger partial charge in [-0.15, -0.1) is 4.72 Å². The molecule has 0 fully saturated rings. The van der Waals surface area contributed by atoms with Crippen LogP contribution < -0.4 is 9.46 Å². The topological polar surface area (TPSA) is 62.1 Å². The normalized spacial score (nSPS) is 14.4. The Morgan fingerprint density at radius 3 is 2.41 bits per heavy atom. The van der Waals surface area contributed by atoms with E-state index >= 15 is 0 Å². The van der Waals surface area contributed by atoms with Crippen LogP contribution >= 0.6 is 0 Å². The van der Waals surface area contributed by atoms with Crippen molar-refractivity contribution < 1.29 is 13.7 Å². The molecule has 1 heterocycles. The van der Waals surface area contributed by atoms with Crippen LogP contribution in [-0.2, 0) is 11.4 Å². The number of hydrogen-bond donors (Lipinski definition) is 1. The molecule has 0 aliphatic heterocycles. The van der Waals surface area contributed by atoms with Gasteiger partial charge in [0.05, 0.1) is 23.4 Å². The first kappa shape index (κ1) is 22.3. The van der Waals surface area contributed by atoms with Crippen LogP contribution in [0.15, 0.2) is 79.0 Å². The number of ether oxygens (including phenoxy) is 1. The smallest absolute Gasteiger partial charge is 0.143 e. The second kappa shape index (κ2) is 9.73. The number of fused-ring (bicyclic) bond motifs is 1. The van der Waals surface area contributed by atoms with Gasteiger partial charge in [-0.05, 0) is 68.8 Å². The second-order valence-electron chi connectivity index (χ2n) is 7.96. The summed E-state index contributed by atoms with van der Waals surface area (Å²) in [5.74, 6) is 0.406. The summed E-state index contributed by atoms with van der Waals surface area (Å²) in [7, 11) is 0. The first-order valence-corrected chi connectivity index (χ1v) is 11.8. The third-order valence-corrected chi connectivity index (χ3v) is 6.65. The van der Waals surface area contributed by atoms with Gasteiger partial charge in [0.15, 0.2) is 0 Å². The van der Waals surface area contributed by atoms with Crippen molar-refractivity contribution in [3.63, 3.8) is 0 Å². The van der Waals surface area contributed by atoms with E-state index in [9.17, 15) is 8.94 Å². The Balaban J connectivity index is 1.62. The van der Waals surface area contributed by atoms with E-state index in [1.54, 1.807) is 23.0 Å². The molecule has 7 heteroatoms. The van der Waals surface area contributed by atoms with Crippen molar-refractivity contribution in [2.24, 2.45) is 0 Å². The number of rotatable bonds is 8. The molecule has 0 aliphatic carbocycles. The van der Waals surface area contributed by atoms with Crippen molar-refractivity contribution in [1.82, 2.24) is 14.5 Å². The minimum Gasteiger partial charge on any atom is -0.598 e. The van der Waals surface area contributed by atoms with Gasteiger partial charge in [0.25, 0.3) is 0 Å². The van der Waals surface area contributed by atoms with Crippen molar-refractivity contribution in [2.45, 2.75) is 38.2 Å². The zero-order chi connectivity index (χ0) is 22.7. The quantitative estimate of drug-likeness (QED) is 0.368. The largest absolute Gasteiger partial charge is 0.598 e. The van der Waals surface area contributed by atoms with Crippen LogP contribution in [0, 0.1) is 5.82 Å². The molecule has 0 saturated heterocycles. The first-order chi connectivity index (χ1) is 15.4. The molecular weight excluding hydrogens is 425 g/mol. The molecule has 5 nitrogen and oxygen atoms in total. The molecule has 0 spiro atoms. The predicted octanol–water partition coefficient (Wildman–Crippen LogP) is 5.33. The lowest BCUT2D eigenvalue weighted by molar-refractivity contribution is 0.173. The van der Waals surface area contributed by atoms with Gasteiger partial charge in [0.2, 0.25) is 0 Å². The third kappa shape index (κ3) is 4.96. The maximum atomic E-state index is 13.3. The summed E-state index contributed by atoms with van der Waals surface area (Å²) < 4.78 is 37.0. The summed E-state index contributed by atoms with van der Waals surface area (Å²) in [5, 5.41) is 5.36. The molecule has 1 aromatic heterocycles. The van der Waals surface area contributed by atoms with E-state index in [1.165, 1.54) is 12.1 Å². The van der Waals surface area contributed by atoms with Crippen LogP contribution in [0.1, 0.15) is 32.4 Å². The maximum Gasteiger partial charge on any atom is 0.143 e. The summed E-state index contributed by atoms with van der Waals surface area (Å²) in [6.45, 7) is 5.81. The van der Waals surface area contributed by atoms with E-state index in [-0.39, 0.29) is 23.2 Å². The van der Waals surface area contributed by atoms with Crippen molar-refractivity contribution in [3.8, 4) is 11.4 Å². The van der Waals surface area contributed by atoms with Crippen LogP contribution in [0.25, 0.3) is 16.6 Å². The molecule has 1 unspecified atom stereocenters. The van der Waals surface area contributed by atoms with Gasteiger partial charge in [0.1, 0.15) is 22.9 Å². The van der Waals surface area contributed by atoms with Crippen molar-refractivity contribution in [2.75, 3.05) is 0 Å². The standard InChI is InChI=1S/C25H26FN3O2S/c1-17(2)32(30)28-18(3)25(19-7-5-4-6-8-19)31-23-13-14-24-20(15-23)16-27-29(24)22-11-9-21(26)10-12-22/h4-18,25,28H,1-3H3/t18-,25-,32?/m0/s1. The fourth-order valence-electron chi connectivity index (χ4n) is 3.50. The van der Waals surface area contributed by atoms with E-state index in [2.05, 4.69) is 9.82 Å². The first-order valence-electron chi connectivity index (χ1n) is 10.5. The highest BCUT2D eigenvalue weighted by Gasteiger charge is 2.27. The maximum absolute atomic E-state index is 13.3. The Morgan fingerprint density at radius 2 is 1.72 bits per heavy atom. The average molecular weight is 452 g/mol. The SMILES string of the molecule is CC(C)[S+]([O-])N[C@@H](C)[C@H](Oc1ccc2c(cnn2-c2ccc(F)cc2)c1)c1ccccc1. The number of benzene rings is 3. The Bertz CT molecular complexity index is 1170. The summed E-state index contributed by atoms with van der Waals surface area (Å²) in [5.41, 5.74) is 2.67. The molecule has 0 bridgehead atoms. The van der Waals surface area contributed by atoms with Crippen LogP contribution in [0.5, 0.6) is 5.75 Å². The van der Waals surface area contributed by atoms with Gasteiger partial charge in [0, 0.05) is 16.7 Å². The molecule has 3 atom stereocenters. The molecule has 0 amide bonds. The second-order valence-corrected chi connectivity index (χ2v) is 9.73. The highest BCUT2D eigenvalue weighted by Crippen LogP contribution is 2.29. The van der Waals surface area contributed by atoms with Crippen molar-refractivity contribution in [1.29, 1.82) is 0 Å². The Kier molecular flexibility index (Phi) is 6.79. The fourth-order valence-corrected chi connectivity index (χ4v) is 4.26. The van der Waals surface area contributed by atoms with Gasteiger partial charge in [-0.1, -0.05) is 30.3 Å². The minimum absolute atomic E-state index is 0.00234. The number of halogens is 1. The summed E-state index contributed by atoms with van der Waals surface area (Å²) in [6, 6.07) is 21.7. The number of nitrogens with zero attached hydrogens (tertiary/aromatic N) is 2. The highest BCUT2D eigenvalue weighted by atomic mass is 32.2. The average Bonchev–Trinajstić information content (AvgIpc) is 3.21. The molecule has 0 radical (unpaired) electrons. The number of aromatic nitrogens is 2. The summed E-state index contributed by atoms with van der Waals surface area (Å²) in [6.07, 6.45) is 1.43. The molecule has 32 heavy (non-hydrogen) atoms. The molecule has 0 saturated carbocycles. The predicted molar refractivity (Wildman–Crippen MR) is 127 cm³/mol. The zero-order valence-corrected chi connectivity index (χ0v) is 19.1. The lowest BCUT2D eigenvalue weighted by Gasteiger charge is -2.27. The highest BCUT2D eigenvalue weighted by molar-refractivity contribution is 7.90. The monoisotopic (exact) mass is 451 g/mol. The Morgan fingerprint density at radius 1 is 1.00 bits per heavy atom. The van der Waals surface area contributed by atoms with Crippen LogP contribution in [0.2, 0.25) is 0 Å². The third-order valence-electron chi connectivity index (χ3n) is 5.19. The molecule has 3 aromatic carbocycles. The Hall–Kier alpha value is -2.87. The van der Waals surface area contributed by atoms with Gasteiger partial charge in [-0.25, -0.2) is 9.07 Å². The molecule has 166 valence electrons.